The SMILES string of the molecule is O=C(O)CSc1nnc(C2CC2)n1-c1ccc(Cl)cc1Br. The lowest BCUT2D eigenvalue weighted by atomic mass is 10.3. The molecule has 1 aliphatic rings. The fraction of sp³-hybridized carbons (Fsp3) is 0.308. The zero-order valence-electron chi connectivity index (χ0n) is 10.8. The number of hydrogen-bond acceptors (Lipinski definition) is 4. The molecule has 1 N–H and O–H groups in total. The van der Waals surface area contributed by atoms with Gasteiger partial charge in [-0.05, 0) is 47.0 Å². The van der Waals surface area contributed by atoms with Gasteiger partial charge in [0, 0.05) is 15.4 Å². The Kier molecular flexibility index (Phi) is 4.24. The van der Waals surface area contributed by atoms with E-state index in [2.05, 4.69) is 26.1 Å². The fourth-order valence-electron chi connectivity index (χ4n) is 2.00. The van der Waals surface area contributed by atoms with Crippen LogP contribution in [-0.4, -0.2) is 31.6 Å². The zero-order valence-corrected chi connectivity index (χ0v) is 14.0. The second kappa shape index (κ2) is 5.98. The third kappa shape index (κ3) is 3.25. The van der Waals surface area contributed by atoms with E-state index in [1.807, 2.05) is 10.6 Å². The van der Waals surface area contributed by atoms with Crippen LogP contribution in [0.3, 0.4) is 0 Å². The van der Waals surface area contributed by atoms with E-state index in [0.717, 1.165) is 40.6 Å². The van der Waals surface area contributed by atoms with Crippen LogP contribution in [0.2, 0.25) is 5.02 Å². The Morgan fingerprint density at radius 3 is 2.86 bits per heavy atom. The molecule has 1 aromatic carbocycles. The number of halogens is 2. The molecule has 0 atom stereocenters. The van der Waals surface area contributed by atoms with Crippen LogP contribution >= 0.6 is 39.3 Å². The van der Waals surface area contributed by atoms with Crippen molar-refractivity contribution in [2.24, 2.45) is 0 Å². The van der Waals surface area contributed by atoms with E-state index < -0.39 is 5.97 Å². The normalized spacial score (nSPS) is 14.4. The molecule has 110 valence electrons. The highest BCUT2D eigenvalue weighted by molar-refractivity contribution is 9.10. The van der Waals surface area contributed by atoms with Gasteiger partial charge in [0.1, 0.15) is 5.82 Å². The van der Waals surface area contributed by atoms with Crippen LogP contribution < -0.4 is 0 Å². The number of rotatable bonds is 5. The van der Waals surface area contributed by atoms with Gasteiger partial charge in [-0.25, -0.2) is 0 Å². The number of aromatic nitrogens is 3. The van der Waals surface area contributed by atoms with E-state index in [0.29, 0.717) is 16.1 Å². The Morgan fingerprint density at radius 2 is 2.24 bits per heavy atom. The number of hydrogen-bond donors (Lipinski definition) is 1. The van der Waals surface area contributed by atoms with Gasteiger partial charge in [0.2, 0.25) is 0 Å². The van der Waals surface area contributed by atoms with Gasteiger partial charge in [0.15, 0.2) is 5.16 Å². The third-order valence-electron chi connectivity index (χ3n) is 3.08. The Bertz CT molecular complexity index is 703. The summed E-state index contributed by atoms with van der Waals surface area (Å²) >= 11 is 10.6. The standard InChI is InChI=1S/C13H11BrClN3O2S/c14-9-5-8(15)3-4-10(9)18-12(7-1-2-7)16-17-13(18)21-6-11(19)20/h3-5,7H,1-2,6H2,(H,19,20). The Labute approximate surface area is 138 Å². The van der Waals surface area contributed by atoms with E-state index in [9.17, 15) is 4.79 Å². The van der Waals surface area contributed by atoms with Gasteiger partial charge in [-0.3, -0.25) is 9.36 Å². The molecule has 8 heteroatoms. The molecule has 0 spiro atoms. The van der Waals surface area contributed by atoms with Crippen LogP contribution in [0.4, 0.5) is 0 Å². The number of benzene rings is 1. The van der Waals surface area contributed by atoms with Crippen molar-refractivity contribution in [3.05, 3.63) is 33.5 Å². The van der Waals surface area contributed by atoms with Crippen LogP contribution in [-0.2, 0) is 4.79 Å². The minimum absolute atomic E-state index is 0.0476. The topological polar surface area (TPSA) is 68.0 Å². The number of aliphatic carboxylic acids is 1. The molecule has 1 heterocycles. The fourth-order valence-corrected chi connectivity index (χ4v) is 3.53. The quantitative estimate of drug-likeness (QED) is 0.790. The average Bonchev–Trinajstić information content (AvgIpc) is 3.18. The number of carboxylic acids is 1. The first-order valence-corrected chi connectivity index (χ1v) is 8.47. The summed E-state index contributed by atoms with van der Waals surface area (Å²) in [4.78, 5) is 10.8. The molecule has 3 rings (SSSR count). The summed E-state index contributed by atoms with van der Waals surface area (Å²) in [6.45, 7) is 0. The monoisotopic (exact) mass is 387 g/mol. The Morgan fingerprint density at radius 1 is 1.48 bits per heavy atom. The second-order valence-electron chi connectivity index (χ2n) is 4.73. The maximum Gasteiger partial charge on any atom is 0.313 e. The van der Waals surface area contributed by atoms with E-state index in [1.165, 1.54) is 0 Å². The van der Waals surface area contributed by atoms with Crippen molar-refractivity contribution in [1.82, 2.24) is 14.8 Å². The van der Waals surface area contributed by atoms with Crippen molar-refractivity contribution in [3.63, 3.8) is 0 Å². The molecule has 1 aliphatic carbocycles. The van der Waals surface area contributed by atoms with Gasteiger partial charge in [0.05, 0.1) is 11.4 Å². The summed E-state index contributed by atoms with van der Waals surface area (Å²) in [5.74, 6) is 0.358. The van der Waals surface area contributed by atoms with Crippen molar-refractivity contribution in [2.45, 2.75) is 23.9 Å². The van der Waals surface area contributed by atoms with Gasteiger partial charge in [-0.1, -0.05) is 23.4 Å². The Hall–Kier alpha value is -1.05. The van der Waals surface area contributed by atoms with E-state index in [4.69, 9.17) is 16.7 Å². The molecule has 21 heavy (non-hydrogen) atoms. The first-order valence-electron chi connectivity index (χ1n) is 6.31. The highest BCUT2D eigenvalue weighted by Gasteiger charge is 2.31. The molecule has 0 radical (unpaired) electrons. The lowest BCUT2D eigenvalue weighted by Gasteiger charge is -2.11. The van der Waals surface area contributed by atoms with Crippen molar-refractivity contribution >= 4 is 45.3 Å². The van der Waals surface area contributed by atoms with E-state index in [1.54, 1.807) is 12.1 Å². The van der Waals surface area contributed by atoms with Crippen molar-refractivity contribution in [3.8, 4) is 5.69 Å². The Balaban J connectivity index is 2.05. The zero-order chi connectivity index (χ0) is 15.0. The second-order valence-corrected chi connectivity index (χ2v) is 6.96. The van der Waals surface area contributed by atoms with Crippen LogP contribution in [0.25, 0.3) is 5.69 Å². The first-order chi connectivity index (χ1) is 10.1. The van der Waals surface area contributed by atoms with Gasteiger partial charge in [-0.15, -0.1) is 10.2 Å². The maximum absolute atomic E-state index is 10.8. The van der Waals surface area contributed by atoms with Crippen LogP contribution in [0.1, 0.15) is 24.6 Å². The average molecular weight is 389 g/mol. The summed E-state index contributed by atoms with van der Waals surface area (Å²) in [5.41, 5.74) is 0.874. The summed E-state index contributed by atoms with van der Waals surface area (Å²) in [7, 11) is 0. The van der Waals surface area contributed by atoms with Gasteiger partial charge < -0.3 is 5.11 Å². The molecule has 0 bridgehead atoms. The van der Waals surface area contributed by atoms with Gasteiger partial charge in [0.25, 0.3) is 0 Å². The largest absolute Gasteiger partial charge is 0.481 e. The lowest BCUT2D eigenvalue weighted by Crippen LogP contribution is -2.05. The smallest absolute Gasteiger partial charge is 0.313 e. The number of carboxylic acid groups (broad SMARTS) is 1. The number of carbonyl (C=O) groups is 1. The summed E-state index contributed by atoms with van der Waals surface area (Å²) in [5, 5.41) is 18.5. The molecule has 1 saturated carbocycles. The third-order valence-corrected chi connectivity index (χ3v) is 4.86. The predicted molar refractivity (Wildman–Crippen MR) is 84.4 cm³/mol. The molecule has 0 aliphatic heterocycles. The van der Waals surface area contributed by atoms with Crippen LogP contribution in [0, 0.1) is 0 Å². The molecular formula is C13H11BrClN3O2S. The van der Waals surface area contributed by atoms with E-state index >= 15 is 0 Å². The minimum Gasteiger partial charge on any atom is -0.481 e. The predicted octanol–water partition coefficient (Wildman–Crippen LogP) is 3.74. The summed E-state index contributed by atoms with van der Waals surface area (Å²) < 4.78 is 2.75. The molecule has 0 saturated heterocycles. The molecule has 0 amide bonds. The molecule has 0 unspecified atom stereocenters. The molecular weight excluding hydrogens is 378 g/mol. The van der Waals surface area contributed by atoms with Crippen molar-refractivity contribution in [1.29, 1.82) is 0 Å². The summed E-state index contributed by atoms with van der Waals surface area (Å²) in [6, 6.07) is 5.48. The highest BCUT2D eigenvalue weighted by atomic mass is 79.9. The molecule has 5 nitrogen and oxygen atoms in total. The van der Waals surface area contributed by atoms with Crippen LogP contribution in [0.5, 0.6) is 0 Å². The molecule has 1 fully saturated rings. The number of thioether (sulfide) groups is 1. The van der Waals surface area contributed by atoms with Crippen LogP contribution in [0.15, 0.2) is 27.8 Å². The highest BCUT2D eigenvalue weighted by Crippen LogP contribution is 2.42. The minimum atomic E-state index is -0.877. The van der Waals surface area contributed by atoms with Crippen molar-refractivity contribution < 1.29 is 9.90 Å². The van der Waals surface area contributed by atoms with Gasteiger partial charge >= 0.3 is 5.97 Å². The summed E-state index contributed by atoms with van der Waals surface area (Å²) in [6.07, 6.45) is 2.18. The molecule has 2 aromatic rings. The van der Waals surface area contributed by atoms with E-state index in [-0.39, 0.29) is 5.75 Å². The first kappa shape index (κ1) is 14.9. The maximum atomic E-state index is 10.8. The molecule has 1 aromatic heterocycles. The van der Waals surface area contributed by atoms with Gasteiger partial charge in [-0.2, -0.15) is 0 Å². The number of nitrogens with zero attached hydrogens (tertiary/aromatic N) is 3. The lowest BCUT2D eigenvalue weighted by molar-refractivity contribution is -0.133. The van der Waals surface area contributed by atoms with Crippen molar-refractivity contribution in [2.75, 3.05) is 5.75 Å².